The summed E-state index contributed by atoms with van der Waals surface area (Å²) in [7, 11) is -1.55. The second kappa shape index (κ2) is 6.18. The summed E-state index contributed by atoms with van der Waals surface area (Å²) in [6, 6.07) is 3.15. The van der Waals surface area contributed by atoms with E-state index in [0.717, 1.165) is 6.07 Å². The number of hydrogen-bond acceptors (Lipinski definition) is 4. The van der Waals surface area contributed by atoms with Crippen molar-refractivity contribution in [2.24, 2.45) is 7.05 Å². The zero-order chi connectivity index (χ0) is 17.5. The van der Waals surface area contributed by atoms with Crippen LogP contribution in [0.1, 0.15) is 22.0 Å². The van der Waals surface area contributed by atoms with Gasteiger partial charge in [-0.2, -0.15) is 5.10 Å². The first kappa shape index (κ1) is 16.9. The van der Waals surface area contributed by atoms with Gasteiger partial charge in [0.15, 0.2) is 9.84 Å². The topological polar surface area (TPSA) is 72.3 Å². The number of rotatable bonds is 2. The van der Waals surface area contributed by atoms with Crippen LogP contribution in [0.2, 0.25) is 5.02 Å². The molecular formula is C15H15ClFN3O3S. The summed E-state index contributed by atoms with van der Waals surface area (Å²) in [6.45, 7) is 0.0466. The fourth-order valence-electron chi connectivity index (χ4n) is 2.73. The lowest BCUT2D eigenvalue weighted by Crippen LogP contribution is -2.46. The number of nitrogens with zero attached hydrogens (tertiary/aromatic N) is 3. The van der Waals surface area contributed by atoms with Crippen molar-refractivity contribution < 1.29 is 17.6 Å². The van der Waals surface area contributed by atoms with Gasteiger partial charge in [-0.1, -0.05) is 11.6 Å². The van der Waals surface area contributed by atoms with Gasteiger partial charge in [0.25, 0.3) is 5.91 Å². The predicted octanol–water partition coefficient (Wildman–Crippen LogP) is 1.82. The van der Waals surface area contributed by atoms with Crippen LogP contribution >= 0.6 is 11.6 Å². The smallest absolute Gasteiger partial charge is 0.254 e. The highest BCUT2D eigenvalue weighted by Gasteiger charge is 2.36. The molecule has 1 saturated heterocycles. The van der Waals surface area contributed by atoms with Crippen LogP contribution in [-0.2, 0) is 16.9 Å². The van der Waals surface area contributed by atoms with Gasteiger partial charge >= 0.3 is 0 Å². The molecule has 1 fully saturated rings. The standard InChI is InChI=1S/C15H15ClFN3O3S/c1-19-8-11(7-18-19)14-9-24(22,23)5-4-20(14)15(21)10-2-3-12(16)13(17)6-10/h2-3,6-8,14H,4-5,9H2,1H3/t14-/m0/s1. The number of amides is 1. The van der Waals surface area contributed by atoms with Crippen LogP contribution in [0.15, 0.2) is 30.6 Å². The Balaban J connectivity index is 1.97. The Morgan fingerprint density at radius 1 is 1.42 bits per heavy atom. The zero-order valence-corrected chi connectivity index (χ0v) is 14.4. The molecule has 2 aromatic rings. The van der Waals surface area contributed by atoms with E-state index in [4.69, 9.17) is 11.6 Å². The predicted molar refractivity (Wildman–Crippen MR) is 87.0 cm³/mol. The molecule has 0 radical (unpaired) electrons. The summed E-state index contributed by atoms with van der Waals surface area (Å²) in [5.74, 6) is -1.43. The van der Waals surface area contributed by atoms with Crippen LogP contribution < -0.4 is 0 Å². The molecule has 1 atom stereocenters. The van der Waals surface area contributed by atoms with Crippen LogP contribution in [0.4, 0.5) is 4.39 Å². The largest absolute Gasteiger partial charge is 0.329 e. The van der Waals surface area contributed by atoms with Gasteiger partial charge in [-0.3, -0.25) is 9.48 Å². The molecule has 3 rings (SSSR count). The normalized spacial score (nSPS) is 20.1. The van der Waals surface area contributed by atoms with E-state index >= 15 is 0 Å². The van der Waals surface area contributed by atoms with Crippen molar-refractivity contribution >= 4 is 27.3 Å². The summed E-state index contributed by atoms with van der Waals surface area (Å²) in [5, 5.41) is 3.97. The molecule has 0 spiro atoms. The van der Waals surface area contributed by atoms with E-state index in [1.54, 1.807) is 17.9 Å². The average molecular weight is 372 g/mol. The molecule has 0 unspecified atom stereocenters. The summed E-state index contributed by atoms with van der Waals surface area (Å²) in [6.07, 6.45) is 3.21. The lowest BCUT2D eigenvalue weighted by molar-refractivity contribution is 0.0697. The number of halogens is 2. The van der Waals surface area contributed by atoms with Crippen molar-refractivity contribution in [1.29, 1.82) is 0 Å². The number of carbonyl (C=O) groups is 1. The van der Waals surface area contributed by atoms with Gasteiger partial charge in [0.05, 0.1) is 28.8 Å². The van der Waals surface area contributed by atoms with Gasteiger partial charge in [-0.25, -0.2) is 12.8 Å². The molecule has 1 aliphatic rings. The monoisotopic (exact) mass is 371 g/mol. The molecule has 1 aromatic carbocycles. The zero-order valence-electron chi connectivity index (χ0n) is 12.8. The molecular weight excluding hydrogens is 357 g/mol. The molecule has 1 amide bonds. The van der Waals surface area contributed by atoms with Crippen molar-refractivity contribution in [2.45, 2.75) is 6.04 Å². The lowest BCUT2D eigenvalue weighted by atomic mass is 10.1. The Kier molecular flexibility index (Phi) is 4.35. The first-order valence-electron chi connectivity index (χ1n) is 7.22. The van der Waals surface area contributed by atoms with Crippen molar-refractivity contribution in [3.8, 4) is 0 Å². The lowest BCUT2D eigenvalue weighted by Gasteiger charge is -2.35. The molecule has 1 aliphatic heterocycles. The van der Waals surface area contributed by atoms with E-state index < -0.39 is 27.6 Å². The van der Waals surface area contributed by atoms with E-state index in [9.17, 15) is 17.6 Å². The number of aryl methyl sites for hydroxylation is 1. The van der Waals surface area contributed by atoms with Gasteiger partial charge in [0.1, 0.15) is 5.82 Å². The van der Waals surface area contributed by atoms with Crippen LogP contribution in [-0.4, -0.2) is 47.1 Å². The van der Waals surface area contributed by atoms with Crippen molar-refractivity contribution in [2.75, 3.05) is 18.1 Å². The second-order valence-corrected chi connectivity index (χ2v) is 8.34. The first-order valence-corrected chi connectivity index (χ1v) is 9.42. The number of sulfone groups is 1. The summed E-state index contributed by atoms with van der Waals surface area (Å²) < 4.78 is 39.2. The van der Waals surface area contributed by atoms with Crippen molar-refractivity contribution in [3.05, 3.63) is 52.6 Å². The molecule has 0 N–H and O–H groups in total. The molecule has 128 valence electrons. The minimum Gasteiger partial charge on any atom is -0.329 e. The minimum absolute atomic E-state index is 0.0466. The minimum atomic E-state index is -3.26. The molecule has 0 aliphatic carbocycles. The summed E-state index contributed by atoms with van der Waals surface area (Å²) in [4.78, 5) is 14.2. The second-order valence-electron chi connectivity index (χ2n) is 5.70. The average Bonchev–Trinajstić information content (AvgIpc) is 2.95. The highest BCUT2D eigenvalue weighted by atomic mass is 35.5. The van der Waals surface area contributed by atoms with E-state index in [1.807, 2.05) is 0 Å². The van der Waals surface area contributed by atoms with Crippen LogP contribution in [0.5, 0.6) is 0 Å². The third kappa shape index (κ3) is 3.29. The maximum Gasteiger partial charge on any atom is 0.254 e. The van der Waals surface area contributed by atoms with E-state index in [-0.39, 0.29) is 28.6 Å². The Labute approximate surface area is 143 Å². The fraction of sp³-hybridized carbons (Fsp3) is 0.333. The van der Waals surface area contributed by atoms with Gasteiger partial charge in [-0.05, 0) is 18.2 Å². The quantitative estimate of drug-likeness (QED) is 0.807. The molecule has 9 heteroatoms. The van der Waals surface area contributed by atoms with Crippen molar-refractivity contribution in [1.82, 2.24) is 14.7 Å². The highest BCUT2D eigenvalue weighted by molar-refractivity contribution is 7.91. The summed E-state index contributed by atoms with van der Waals surface area (Å²) >= 11 is 5.65. The number of benzene rings is 1. The first-order chi connectivity index (χ1) is 11.3. The Hall–Kier alpha value is -1.93. The van der Waals surface area contributed by atoms with E-state index in [1.165, 1.54) is 23.2 Å². The van der Waals surface area contributed by atoms with E-state index in [0.29, 0.717) is 5.56 Å². The molecule has 6 nitrogen and oxygen atoms in total. The maximum atomic E-state index is 13.6. The number of carbonyl (C=O) groups excluding carboxylic acids is 1. The number of aromatic nitrogens is 2. The van der Waals surface area contributed by atoms with Gasteiger partial charge in [0.2, 0.25) is 0 Å². The molecule has 0 bridgehead atoms. The Morgan fingerprint density at radius 2 is 2.17 bits per heavy atom. The molecule has 0 saturated carbocycles. The number of hydrogen-bond donors (Lipinski definition) is 0. The van der Waals surface area contributed by atoms with Gasteiger partial charge in [-0.15, -0.1) is 0 Å². The van der Waals surface area contributed by atoms with Crippen LogP contribution in [0.25, 0.3) is 0 Å². The van der Waals surface area contributed by atoms with E-state index in [2.05, 4.69) is 5.10 Å². The maximum absolute atomic E-state index is 13.6. The molecule has 24 heavy (non-hydrogen) atoms. The fourth-order valence-corrected chi connectivity index (χ4v) is 4.35. The third-order valence-corrected chi connectivity index (χ3v) is 5.90. The van der Waals surface area contributed by atoms with Crippen LogP contribution in [0, 0.1) is 5.82 Å². The SMILES string of the molecule is Cn1cc([C@@H]2CS(=O)(=O)CCN2C(=O)c2ccc(Cl)c(F)c2)cn1. The highest BCUT2D eigenvalue weighted by Crippen LogP contribution is 2.28. The van der Waals surface area contributed by atoms with Gasteiger partial charge in [0, 0.05) is 30.9 Å². The van der Waals surface area contributed by atoms with Crippen molar-refractivity contribution in [3.63, 3.8) is 0 Å². The molecule has 1 aromatic heterocycles. The van der Waals surface area contributed by atoms with Gasteiger partial charge < -0.3 is 4.90 Å². The molecule has 2 heterocycles. The third-order valence-electron chi connectivity index (χ3n) is 3.97. The Bertz CT molecular complexity index is 897. The Morgan fingerprint density at radius 3 is 2.79 bits per heavy atom. The van der Waals surface area contributed by atoms with Crippen LogP contribution in [0.3, 0.4) is 0 Å². The summed E-state index contributed by atoms with van der Waals surface area (Å²) in [5.41, 5.74) is 0.758.